The van der Waals surface area contributed by atoms with Crippen LogP contribution in [-0.2, 0) is 14.3 Å². The van der Waals surface area contributed by atoms with Crippen LogP contribution in [0.2, 0.25) is 0 Å². The molecule has 178 valence electrons. The van der Waals surface area contributed by atoms with E-state index in [0.717, 1.165) is 27.2 Å². The van der Waals surface area contributed by atoms with E-state index in [1.807, 2.05) is 24.3 Å². The maximum Gasteiger partial charge on any atom is 0.411 e. The van der Waals surface area contributed by atoms with Crippen molar-refractivity contribution in [2.75, 3.05) is 19.0 Å². The highest BCUT2D eigenvalue weighted by atomic mass is 16.5. The lowest BCUT2D eigenvalue weighted by Gasteiger charge is -2.19. The molecule has 7 heteroatoms. The summed E-state index contributed by atoms with van der Waals surface area (Å²) in [5.41, 5.74) is 5.79. The van der Waals surface area contributed by atoms with Crippen LogP contribution < -0.4 is 5.32 Å². The van der Waals surface area contributed by atoms with Crippen molar-refractivity contribution in [2.24, 2.45) is 0 Å². The number of carbonyl (C=O) groups is 3. The second-order valence-electron chi connectivity index (χ2n) is 8.37. The molecule has 2 amide bonds. The maximum atomic E-state index is 12.5. The van der Waals surface area contributed by atoms with Gasteiger partial charge in [0.1, 0.15) is 12.6 Å². The highest BCUT2D eigenvalue weighted by Gasteiger charge is 2.29. The number of benzene rings is 3. The third-order valence-corrected chi connectivity index (χ3v) is 6.18. The molecule has 1 atom stereocenters. The minimum Gasteiger partial charge on any atom is -0.480 e. The van der Waals surface area contributed by atoms with E-state index in [-0.39, 0.29) is 12.5 Å². The average molecular weight is 471 g/mol. The number of ether oxygens (including phenoxy) is 1. The van der Waals surface area contributed by atoms with Gasteiger partial charge in [-0.3, -0.25) is 10.1 Å². The van der Waals surface area contributed by atoms with Gasteiger partial charge >= 0.3 is 12.1 Å². The normalized spacial score (nSPS) is 13.1. The predicted octanol–water partition coefficient (Wildman–Crippen LogP) is 4.99. The van der Waals surface area contributed by atoms with Crippen molar-refractivity contribution >= 4 is 29.7 Å². The molecule has 2 N–H and O–H groups in total. The number of nitrogens with one attached hydrogen (secondary N) is 1. The van der Waals surface area contributed by atoms with Crippen LogP contribution in [0.3, 0.4) is 0 Å². The van der Waals surface area contributed by atoms with Crippen LogP contribution in [0, 0.1) is 0 Å². The smallest absolute Gasteiger partial charge is 0.411 e. The molecule has 0 heterocycles. The standard InChI is InChI=1S/C28H26N2O5/c1-18(27(32)33)30(2)26(31)15-14-19-8-7-9-20(16-19)29-28(34)35-17-25-23-12-5-3-10-21(23)22-11-4-6-13-24(22)25/h3-16,18,25H,17H2,1-2H3,(H,29,34)(H,32,33)/b15-14+. The Bertz CT molecular complexity index is 1250. The van der Waals surface area contributed by atoms with Gasteiger partial charge in [-0.25, -0.2) is 9.59 Å². The number of carboxylic acids is 1. The Hall–Kier alpha value is -4.39. The lowest BCUT2D eigenvalue weighted by molar-refractivity contribution is -0.146. The summed E-state index contributed by atoms with van der Waals surface area (Å²) in [7, 11) is 1.43. The Labute approximate surface area is 203 Å². The van der Waals surface area contributed by atoms with E-state index in [4.69, 9.17) is 9.84 Å². The van der Waals surface area contributed by atoms with Gasteiger partial charge in [-0.15, -0.1) is 0 Å². The quantitative estimate of drug-likeness (QED) is 0.474. The zero-order valence-electron chi connectivity index (χ0n) is 19.5. The van der Waals surface area contributed by atoms with Gasteiger partial charge < -0.3 is 14.7 Å². The summed E-state index contributed by atoms with van der Waals surface area (Å²) in [4.78, 5) is 36.9. The number of amides is 2. The van der Waals surface area contributed by atoms with E-state index in [1.54, 1.807) is 30.3 Å². The topological polar surface area (TPSA) is 95.9 Å². The number of hydrogen-bond acceptors (Lipinski definition) is 4. The van der Waals surface area contributed by atoms with Crippen LogP contribution >= 0.6 is 0 Å². The molecule has 0 fully saturated rings. The van der Waals surface area contributed by atoms with E-state index in [2.05, 4.69) is 29.6 Å². The molecular weight excluding hydrogens is 444 g/mol. The second-order valence-corrected chi connectivity index (χ2v) is 8.37. The molecule has 1 aliphatic carbocycles. The van der Waals surface area contributed by atoms with Gasteiger partial charge in [-0.2, -0.15) is 0 Å². The molecule has 1 aliphatic rings. The average Bonchev–Trinajstić information content (AvgIpc) is 3.19. The summed E-state index contributed by atoms with van der Waals surface area (Å²) in [6, 6.07) is 22.3. The van der Waals surface area contributed by atoms with Gasteiger partial charge in [-0.1, -0.05) is 60.7 Å². The van der Waals surface area contributed by atoms with Crippen molar-refractivity contribution in [3.05, 3.63) is 95.6 Å². The van der Waals surface area contributed by atoms with Crippen LogP contribution in [0.1, 0.15) is 29.5 Å². The first kappa shape index (κ1) is 23.8. The molecule has 4 rings (SSSR count). The molecule has 0 spiro atoms. The van der Waals surface area contributed by atoms with Crippen LogP contribution in [0.15, 0.2) is 78.9 Å². The maximum absolute atomic E-state index is 12.5. The number of aliphatic carboxylic acids is 1. The van der Waals surface area contributed by atoms with Gasteiger partial charge in [0.05, 0.1) is 0 Å². The lowest BCUT2D eigenvalue weighted by atomic mass is 9.98. The predicted molar refractivity (Wildman–Crippen MR) is 134 cm³/mol. The third-order valence-electron chi connectivity index (χ3n) is 6.18. The second kappa shape index (κ2) is 10.3. The lowest BCUT2D eigenvalue weighted by Crippen LogP contribution is -2.39. The number of fused-ring (bicyclic) bond motifs is 3. The SMILES string of the molecule is CC(C(=O)O)N(C)C(=O)/C=C/c1cccc(NC(=O)OCC2c3ccccc3-c3ccccc32)c1. The Morgan fingerprint density at radius 1 is 1.00 bits per heavy atom. The highest BCUT2D eigenvalue weighted by molar-refractivity contribution is 5.94. The summed E-state index contributed by atoms with van der Waals surface area (Å²) in [5.74, 6) is -1.54. The Balaban J connectivity index is 1.38. The summed E-state index contributed by atoms with van der Waals surface area (Å²) >= 11 is 0. The number of carbonyl (C=O) groups excluding carboxylic acids is 2. The third kappa shape index (κ3) is 5.24. The molecular formula is C28H26N2O5. The number of carboxylic acid groups (broad SMARTS) is 1. The van der Waals surface area contributed by atoms with E-state index in [0.29, 0.717) is 11.3 Å². The van der Waals surface area contributed by atoms with Gasteiger partial charge in [0, 0.05) is 24.7 Å². The number of likely N-dealkylation sites (N-methyl/N-ethyl adjacent to an activating group) is 1. The molecule has 0 saturated carbocycles. The van der Waals surface area contributed by atoms with Gasteiger partial charge in [0.15, 0.2) is 0 Å². The van der Waals surface area contributed by atoms with E-state index >= 15 is 0 Å². The molecule has 0 aromatic heterocycles. The minimum atomic E-state index is -1.08. The largest absolute Gasteiger partial charge is 0.480 e. The van der Waals surface area contributed by atoms with Crippen LogP contribution in [-0.4, -0.2) is 47.7 Å². The van der Waals surface area contributed by atoms with Crippen molar-refractivity contribution in [1.29, 1.82) is 0 Å². The fraction of sp³-hybridized carbons (Fsp3) is 0.179. The fourth-order valence-corrected chi connectivity index (χ4v) is 4.11. The number of nitrogens with zero attached hydrogens (tertiary/aromatic N) is 1. The van der Waals surface area contributed by atoms with Crippen molar-refractivity contribution in [1.82, 2.24) is 4.90 Å². The van der Waals surface area contributed by atoms with Crippen molar-refractivity contribution in [2.45, 2.75) is 18.9 Å². The van der Waals surface area contributed by atoms with Gasteiger partial charge in [0.25, 0.3) is 0 Å². The highest BCUT2D eigenvalue weighted by Crippen LogP contribution is 2.44. The number of rotatable bonds is 7. The van der Waals surface area contributed by atoms with E-state index in [1.165, 1.54) is 20.0 Å². The monoisotopic (exact) mass is 470 g/mol. The Kier molecular flexibility index (Phi) is 6.96. The molecule has 3 aromatic carbocycles. The number of anilines is 1. The molecule has 3 aromatic rings. The first-order valence-corrected chi connectivity index (χ1v) is 11.2. The van der Waals surface area contributed by atoms with Gasteiger partial charge in [-0.05, 0) is 52.9 Å². The first-order valence-electron chi connectivity index (χ1n) is 11.2. The van der Waals surface area contributed by atoms with Crippen LogP contribution in [0.5, 0.6) is 0 Å². The number of hydrogen-bond donors (Lipinski definition) is 2. The summed E-state index contributed by atoms with van der Waals surface area (Å²) < 4.78 is 5.58. The summed E-state index contributed by atoms with van der Waals surface area (Å²) in [6.07, 6.45) is 2.29. The zero-order chi connectivity index (χ0) is 24.9. The van der Waals surface area contributed by atoms with Crippen molar-refractivity contribution < 1.29 is 24.2 Å². The van der Waals surface area contributed by atoms with Crippen LogP contribution in [0.25, 0.3) is 17.2 Å². The first-order chi connectivity index (χ1) is 16.8. The Morgan fingerprint density at radius 2 is 1.63 bits per heavy atom. The summed E-state index contributed by atoms with van der Waals surface area (Å²) in [5, 5.41) is 11.8. The molecule has 7 nitrogen and oxygen atoms in total. The molecule has 0 saturated heterocycles. The molecule has 0 bridgehead atoms. The van der Waals surface area contributed by atoms with Crippen molar-refractivity contribution in [3.8, 4) is 11.1 Å². The zero-order valence-corrected chi connectivity index (χ0v) is 19.5. The Morgan fingerprint density at radius 3 is 2.26 bits per heavy atom. The molecule has 0 radical (unpaired) electrons. The fourth-order valence-electron chi connectivity index (χ4n) is 4.11. The molecule has 0 aliphatic heterocycles. The van der Waals surface area contributed by atoms with Gasteiger partial charge in [0.2, 0.25) is 5.91 Å². The van der Waals surface area contributed by atoms with Crippen molar-refractivity contribution in [3.63, 3.8) is 0 Å². The minimum absolute atomic E-state index is 0.0291. The van der Waals surface area contributed by atoms with E-state index in [9.17, 15) is 14.4 Å². The molecule has 1 unspecified atom stereocenters. The van der Waals surface area contributed by atoms with E-state index < -0.39 is 24.0 Å². The molecule has 35 heavy (non-hydrogen) atoms. The van der Waals surface area contributed by atoms with Crippen LogP contribution in [0.4, 0.5) is 10.5 Å². The summed E-state index contributed by atoms with van der Waals surface area (Å²) in [6.45, 7) is 1.65.